The first-order valence-electron chi connectivity index (χ1n) is 8.98. The molecule has 2 atom stereocenters. The lowest BCUT2D eigenvalue weighted by molar-refractivity contribution is 0.149. The Morgan fingerprint density at radius 3 is 2.52 bits per heavy atom. The van der Waals surface area contributed by atoms with Gasteiger partial charge in [-0.25, -0.2) is 0 Å². The Balaban J connectivity index is 1.45. The molecule has 0 spiro atoms. The molecule has 2 aliphatic heterocycles. The number of rotatable bonds is 3. The number of phenols is 1. The van der Waals surface area contributed by atoms with Crippen LogP contribution >= 0.6 is 0 Å². The lowest BCUT2D eigenvalue weighted by Crippen LogP contribution is -2.27. The maximum atomic E-state index is 9.97. The summed E-state index contributed by atoms with van der Waals surface area (Å²) < 4.78 is 2.49. The Labute approximate surface area is 136 Å². The van der Waals surface area contributed by atoms with E-state index >= 15 is 0 Å². The smallest absolute Gasteiger partial charge is 0.136 e. The predicted octanol–water partition coefficient (Wildman–Crippen LogP) is 3.62. The van der Waals surface area contributed by atoms with Crippen LogP contribution in [0.3, 0.4) is 0 Å². The van der Waals surface area contributed by atoms with Gasteiger partial charge in [0.15, 0.2) is 0 Å². The Bertz CT molecular complexity index is 724. The summed E-state index contributed by atoms with van der Waals surface area (Å²) in [5, 5.41) is 19.1. The quantitative estimate of drug-likeness (QED) is 0.942. The van der Waals surface area contributed by atoms with Crippen LogP contribution in [0.25, 0.3) is 0 Å². The second kappa shape index (κ2) is 5.08. The Hall–Kier alpha value is -1.84. The van der Waals surface area contributed by atoms with E-state index < -0.39 is 0 Å². The van der Waals surface area contributed by atoms with E-state index in [-0.39, 0.29) is 0 Å². The Kier molecular flexibility index (Phi) is 3.00. The number of nitrogens with zero attached hydrogens (tertiary/aromatic N) is 3. The first-order chi connectivity index (χ1) is 11.3. The van der Waals surface area contributed by atoms with Crippen molar-refractivity contribution in [2.24, 2.45) is 11.8 Å². The normalized spacial score (nSPS) is 31.1. The highest BCUT2D eigenvalue weighted by Gasteiger charge is 2.43. The molecule has 3 heterocycles. The van der Waals surface area contributed by atoms with Crippen molar-refractivity contribution in [3.63, 3.8) is 0 Å². The molecule has 120 valence electrons. The van der Waals surface area contributed by atoms with Crippen LogP contribution in [0.1, 0.15) is 61.3 Å². The highest BCUT2D eigenvalue weighted by atomic mass is 16.3. The van der Waals surface area contributed by atoms with Crippen LogP contribution in [0, 0.1) is 11.8 Å². The molecule has 2 aliphatic carbocycles. The first-order valence-corrected chi connectivity index (χ1v) is 8.98. The average Bonchev–Trinajstić information content (AvgIpc) is 2.89. The topological polar surface area (TPSA) is 50.9 Å². The van der Waals surface area contributed by atoms with E-state index in [2.05, 4.69) is 14.8 Å². The van der Waals surface area contributed by atoms with Crippen LogP contribution in [0.4, 0.5) is 0 Å². The summed E-state index contributed by atoms with van der Waals surface area (Å²) in [6, 6.07) is 8.25. The molecule has 4 heteroatoms. The Morgan fingerprint density at radius 1 is 0.957 bits per heavy atom. The van der Waals surface area contributed by atoms with Gasteiger partial charge in [0, 0.05) is 18.4 Å². The van der Waals surface area contributed by atoms with E-state index in [1.54, 1.807) is 6.07 Å². The zero-order valence-corrected chi connectivity index (χ0v) is 13.4. The van der Waals surface area contributed by atoms with Crippen molar-refractivity contribution in [3.05, 3.63) is 41.5 Å². The maximum Gasteiger partial charge on any atom is 0.136 e. The number of aromatic nitrogens is 3. The molecule has 1 aromatic heterocycles. The van der Waals surface area contributed by atoms with Crippen molar-refractivity contribution in [2.75, 3.05) is 0 Å². The summed E-state index contributed by atoms with van der Waals surface area (Å²) in [5.74, 6) is 5.23. The third-order valence-electron chi connectivity index (χ3n) is 6.25. The lowest BCUT2D eigenvalue weighted by atomic mass is 9.68. The largest absolute Gasteiger partial charge is 0.508 e. The van der Waals surface area contributed by atoms with E-state index in [1.807, 2.05) is 18.2 Å². The summed E-state index contributed by atoms with van der Waals surface area (Å²) in [6.07, 6.45) is 8.43. The number of para-hydroxylation sites is 1. The van der Waals surface area contributed by atoms with E-state index in [0.717, 1.165) is 36.1 Å². The predicted molar refractivity (Wildman–Crippen MR) is 87.4 cm³/mol. The van der Waals surface area contributed by atoms with E-state index in [1.165, 1.54) is 37.9 Å². The SMILES string of the molecule is Oc1ccccc1CCc1nnc2n1C1CC3CC(CC2C3)C1. The third-order valence-corrected chi connectivity index (χ3v) is 6.25. The minimum absolute atomic E-state index is 0.392. The van der Waals surface area contributed by atoms with Gasteiger partial charge in [-0.05, 0) is 62.0 Å². The molecule has 4 bridgehead atoms. The van der Waals surface area contributed by atoms with Gasteiger partial charge >= 0.3 is 0 Å². The Morgan fingerprint density at radius 2 is 1.74 bits per heavy atom. The second-order valence-electron chi connectivity index (χ2n) is 7.73. The van der Waals surface area contributed by atoms with Crippen LogP contribution in [0.15, 0.2) is 24.3 Å². The zero-order valence-electron chi connectivity index (χ0n) is 13.4. The number of hydrogen-bond donors (Lipinski definition) is 1. The zero-order chi connectivity index (χ0) is 15.4. The molecule has 2 fully saturated rings. The van der Waals surface area contributed by atoms with Crippen molar-refractivity contribution in [2.45, 2.75) is 56.9 Å². The van der Waals surface area contributed by atoms with Crippen molar-refractivity contribution >= 4 is 0 Å². The van der Waals surface area contributed by atoms with Gasteiger partial charge < -0.3 is 9.67 Å². The fraction of sp³-hybridized carbons (Fsp3) is 0.579. The number of aromatic hydroxyl groups is 1. The minimum atomic E-state index is 0.392. The van der Waals surface area contributed by atoms with Crippen LogP contribution in [-0.4, -0.2) is 19.9 Å². The number of phenolic OH excluding ortho intramolecular Hbond substituents is 1. The van der Waals surface area contributed by atoms with Crippen LogP contribution in [0.2, 0.25) is 0 Å². The number of aryl methyl sites for hydroxylation is 2. The molecule has 0 saturated heterocycles. The molecule has 6 rings (SSSR count). The molecule has 1 aromatic carbocycles. The summed E-state index contributed by atoms with van der Waals surface area (Å²) >= 11 is 0. The summed E-state index contributed by atoms with van der Waals surface area (Å²) in [5.41, 5.74) is 1.00. The van der Waals surface area contributed by atoms with Crippen LogP contribution < -0.4 is 0 Å². The molecule has 0 amide bonds. The van der Waals surface area contributed by atoms with E-state index in [4.69, 9.17) is 0 Å². The maximum absolute atomic E-state index is 9.97. The van der Waals surface area contributed by atoms with Crippen molar-refractivity contribution in [3.8, 4) is 5.75 Å². The fourth-order valence-corrected chi connectivity index (χ4v) is 5.39. The fourth-order valence-electron chi connectivity index (χ4n) is 5.39. The average molecular weight is 309 g/mol. The van der Waals surface area contributed by atoms with Crippen molar-refractivity contribution < 1.29 is 5.11 Å². The van der Waals surface area contributed by atoms with E-state index in [9.17, 15) is 5.11 Å². The summed E-state index contributed by atoms with van der Waals surface area (Å²) in [4.78, 5) is 0. The van der Waals surface area contributed by atoms with Gasteiger partial charge in [0.25, 0.3) is 0 Å². The molecule has 2 unspecified atom stereocenters. The summed E-state index contributed by atoms with van der Waals surface area (Å²) in [7, 11) is 0. The van der Waals surface area contributed by atoms with Gasteiger partial charge in [0.2, 0.25) is 0 Å². The molecule has 23 heavy (non-hydrogen) atoms. The highest BCUT2D eigenvalue weighted by molar-refractivity contribution is 5.32. The molecule has 1 N–H and O–H groups in total. The molecule has 2 aromatic rings. The highest BCUT2D eigenvalue weighted by Crippen LogP contribution is 2.53. The standard InChI is InChI=1S/C19H23N3O/c23-17-4-2-1-3-14(17)5-6-18-20-21-19-15-8-12-7-13(9-15)11-16(10-12)22(18)19/h1-4,12-13,15-16,23H,5-11H2. The van der Waals surface area contributed by atoms with Crippen molar-refractivity contribution in [1.29, 1.82) is 0 Å². The van der Waals surface area contributed by atoms with Gasteiger partial charge in [-0.2, -0.15) is 0 Å². The lowest BCUT2D eigenvalue weighted by Gasteiger charge is -2.38. The number of hydrogen-bond acceptors (Lipinski definition) is 3. The second-order valence-corrected chi connectivity index (χ2v) is 7.73. The summed E-state index contributed by atoms with van der Waals surface area (Å²) in [6.45, 7) is 0. The molecular weight excluding hydrogens is 286 g/mol. The van der Waals surface area contributed by atoms with Gasteiger partial charge in [-0.15, -0.1) is 10.2 Å². The third kappa shape index (κ3) is 2.19. The van der Waals surface area contributed by atoms with Crippen LogP contribution in [0.5, 0.6) is 5.75 Å². The van der Waals surface area contributed by atoms with Gasteiger partial charge in [0.1, 0.15) is 17.4 Å². The molecule has 0 radical (unpaired) electrons. The first kappa shape index (κ1) is 13.6. The molecule has 4 aliphatic rings. The van der Waals surface area contributed by atoms with Crippen LogP contribution in [-0.2, 0) is 12.8 Å². The van der Waals surface area contributed by atoms with Gasteiger partial charge in [0.05, 0.1) is 0 Å². The molecule has 2 saturated carbocycles. The van der Waals surface area contributed by atoms with Crippen molar-refractivity contribution in [1.82, 2.24) is 14.8 Å². The molecule has 4 nitrogen and oxygen atoms in total. The van der Waals surface area contributed by atoms with E-state index in [0.29, 0.717) is 17.7 Å². The minimum Gasteiger partial charge on any atom is -0.508 e. The molecular formula is C19H23N3O. The monoisotopic (exact) mass is 309 g/mol. The number of benzene rings is 1. The van der Waals surface area contributed by atoms with Gasteiger partial charge in [-0.3, -0.25) is 0 Å². The van der Waals surface area contributed by atoms with Gasteiger partial charge in [-0.1, -0.05) is 18.2 Å².